The molecular formula is C18H29N. The van der Waals surface area contributed by atoms with Crippen LogP contribution in [0.1, 0.15) is 64.1 Å². The van der Waals surface area contributed by atoms with Gasteiger partial charge in [-0.25, -0.2) is 0 Å². The molecular weight excluding hydrogens is 230 g/mol. The van der Waals surface area contributed by atoms with Crippen LogP contribution in [0.15, 0.2) is 36.9 Å². The third kappa shape index (κ3) is 4.83. The standard InChI is InChI=1S/C18H29N/c1-6-8-13-17(19-14-7-2)15-11-9-10-12-16(15)18(3,4)5/h6,9-12,17,19H,1,7-8,13-14H2,2-5H3. The normalized spacial score (nSPS) is 13.3. The van der Waals surface area contributed by atoms with E-state index in [4.69, 9.17) is 0 Å². The highest BCUT2D eigenvalue weighted by atomic mass is 14.9. The second-order valence-corrected chi connectivity index (χ2v) is 6.21. The average Bonchev–Trinajstić information content (AvgIpc) is 2.38. The van der Waals surface area contributed by atoms with E-state index in [0.717, 1.165) is 19.4 Å². The minimum absolute atomic E-state index is 0.191. The molecule has 0 fully saturated rings. The Morgan fingerprint density at radius 2 is 1.95 bits per heavy atom. The van der Waals surface area contributed by atoms with Gasteiger partial charge in [0.1, 0.15) is 0 Å². The smallest absolute Gasteiger partial charge is 0.0326 e. The number of nitrogens with one attached hydrogen (secondary N) is 1. The first-order chi connectivity index (χ1) is 9.00. The van der Waals surface area contributed by atoms with Crippen LogP contribution in [0.4, 0.5) is 0 Å². The van der Waals surface area contributed by atoms with Crippen molar-refractivity contribution in [2.45, 2.75) is 58.4 Å². The Morgan fingerprint density at radius 1 is 1.26 bits per heavy atom. The van der Waals surface area contributed by atoms with Crippen molar-refractivity contribution in [3.8, 4) is 0 Å². The van der Waals surface area contributed by atoms with E-state index >= 15 is 0 Å². The molecule has 0 saturated heterocycles. The molecule has 0 aromatic heterocycles. The predicted molar refractivity (Wildman–Crippen MR) is 85.6 cm³/mol. The Bertz CT molecular complexity index is 387. The highest BCUT2D eigenvalue weighted by Gasteiger charge is 2.21. The van der Waals surface area contributed by atoms with Crippen LogP contribution >= 0.6 is 0 Å². The van der Waals surface area contributed by atoms with Gasteiger partial charge in [0.05, 0.1) is 0 Å². The van der Waals surface area contributed by atoms with Gasteiger partial charge in [-0.05, 0) is 42.3 Å². The second kappa shape index (κ2) is 7.49. The quantitative estimate of drug-likeness (QED) is 0.680. The van der Waals surface area contributed by atoms with Crippen LogP contribution in [0.5, 0.6) is 0 Å². The second-order valence-electron chi connectivity index (χ2n) is 6.21. The van der Waals surface area contributed by atoms with Crippen LogP contribution in [0.2, 0.25) is 0 Å². The van der Waals surface area contributed by atoms with Gasteiger partial charge in [-0.3, -0.25) is 0 Å². The molecule has 0 bridgehead atoms. The van der Waals surface area contributed by atoms with Gasteiger partial charge < -0.3 is 5.32 Å². The summed E-state index contributed by atoms with van der Waals surface area (Å²) in [7, 11) is 0. The van der Waals surface area contributed by atoms with Crippen LogP contribution in [-0.4, -0.2) is 6.54 Å². The topological polar surface area (TPSA) is 12.0 Å². The highest BCUT2D eigenvalue weighted by molar-refractivity contribution is 5.35. The van der Waals surface area contributed by atoms with Crippen molar-refractivity contribution in [1.82, 2.24) is 5.32 Å². The minimum Gasteiger partial charge on any atom is -0.310 e. The van der Waals surface area contributed by atoms with Gasteiger partial charge in [-0.15, -0.1) is 6.58 Å². The van der Waals surface area contributed by atoms with Crippen molar-refractivity contribution in [2.75, 3.05) is 6.54 Å². The van der Waals surface area contributed by atoms with Gasteiger partial charge in [0.15, 0.2) is 0 Å². The lowest BCUT2D eigenvalue weighted by Crippen LogP contribution is -2.25. The van der Waals surface area contributed by atoms with Crippen molar-refractivity contribution in [1.29, 1.82) is 0 Å². The van der Waals surface area contributed by atoms with Crippen molar-refractivity contribution in [3.63, 3.8) is 0 Å². The summed E-state index contributed by atoms with van der Waals surface area (Å²) in [5, 5.41) is 3.69. The molecule has 1 aromatic carbocycles. The molecule has 0 saturated carbocycles. The molecule has 0 heterocycles. The molecule has 1 atom stereocenters. The molecule has 0 aliphatic carbocycles. The summed E-state index contributed by atoms with van der Waals surface area (Å²) in [5.74, 6) is 0. The van der Waals surface area contributed by atoms with Crippen LogP contribution in [0, 0.1) is 0 Å². The molecule has 0 aliphatic heterocycles. The van der Waals surface area contributed by atoms with E-state index in [2.05, 4.69) is 63.9 Å². The molecule has 0 amide bonds. The lowest BCUT2D eigenvalue weighted by atomic mass is 9.81. The number of rotatable bonds is 7. The SMILES string of the molecule is C=CCCC(NCCC)c1ccccc1C(C)(C)C. The summed E-state index contributed by atoms with van der Waals surface area (Å²) in [5.41, 5.74) is 3.09. The molecule has 0 radical (unpaired) electrons. The Labute approximate surface area is 119 Å². The van der Waals surface area contributed by atoms with Crippen molar-refractivity contribution >= 4 is 0 Å². The van der Waals surface area contributed by atoms with Crippen LogP contribution in [-0.2, 0) is 5.41 Å². The van der Waals surface area contributed by atoms with Gasteiger partial charge in [0, 0.05) is 6.04 Å². The maximum Gasteiger partial charge on any atom is 0.0326 e. The number of hydrogen-bond donors (Lipinski definition) is 1. The fraction of sp³-hybridized carbons (Fsp3) is 0.556. The largest absolute Gasteiger partial charge is 0.310 e. The fourth-order valence-electron chi connectivity index (χ4n) is 2.45. The first kappa shape index (κ1) is 16.0. The number of allylic oxidation sites excluding steroid dienone is 1. The van der Waals surface area contributed by atoms with Crippen LogP contribution in [0.25, 0.3) is 0 Å². The van der Waals surface area contributed by atoms with Crippen LogP contribution < -0.4 is 5.32 Å². The van der Waals surface area contributed by atoms with E-state index in [-0.39, 0.29) is 5.41 Å². The summed E-state index contributed by atoms with van der Waals surface area (Å²) in [6.07, 6.45) is 5.36. The number of hydrogen-bond acceptors (Lipinski definition) is 1. The summed E-state index contributed by atoms with van der Waals surface area (Å²) in [4.78, 5) is 0. The van der Waals surface area contributed by atoms with Gasteiger partial charge in [-0.1, -0.05) is 58.0 Å². The Balaban J connectivity index is 3.03. The lowest BCUT2D eigenvalue weighted by molar-refractivity contribution is 0.484. The van der Waals surface area contributed by atoms with E-state index in [0.29, 0.717) is 6.04 Å². The maximum absolute atomic E-state index is 3.85. The first-order valence-corrected chi connectivity index (χ1v) is 7.44. The summed E-state index contributed by atoms with van der Waals surface area (Å²) >= 11 is 0. The molecule has 106 valence electrons. The van der Waals surface area contributed by atoms with E-state index in [1.165, 1.54) is 17.5 Å². The molecule has 1 unspecified atom stereocenters. The highest BCUT2D eigenvalue weighted by Crippen LogP contribution is 2.31. The summed E-state index contributed by atoms with van der Waals surface area (Å²) in [6.45, 7) is 14.0. The zero-order valence-corrected chi connectivity index (χ0v) is 13.0. The Kier molecular flexibility index (Phi) is 6.30. The number of benzene rings is 1. The monoisotopic (exact) mass is 259 g/mol. The third-order valence-electron chi connectivity index (χ3n) is 3.44. The Hall–Kier alpha value is -1.08. The zero-order valence-electron chi connectivity index (χ0n) is 13.0. The molecule has 0 spiro atoms. The summed E-state index contributed by atoms with van der Waals surface area (Å²) < 4.78 is 0. The molecule has 1 rings (SSSR count). The molecule has 1 nitrogen and oxygen atoms in total. The molecule has 1 heteroatoms. The van der Waals surface area contributed by atoms with Crippen molar-refractivity contribution in [3.05, 3.63) is 48.0 Å². The van der Waals surface area contributed by atoms with Gasteiger partial charge in [0.2, 0.25) is 0 Å². The van der Waals surface area contributed by atoms with E-state index in [9.17, 15) is 0 Å². The Morgan fingerprint density at radius 3 is 2.53 bits per heavy atom. The summed E-state index contributed by atoms with van der Waals surface area (Å²) in [6, 6.07) is 9.28. The third-order valence-corrected chi connectivity index (χ3v) is 3.44. The predicted octanol–water partition coefficient (Wildman–Crippen LogP) is 4.99. The van der Waals surface area contributed by atoms with E-state index in [1.54, 1.807) is 0 Å². The van der Waals surface area contributed by atoms with Gasteiger partial charge in [-0.2, -0.15) is 0 Å². The molecule has 0 aliphatic rings. The molecule has 1 N–H and O–H groups in total. The minimum atomic E-state index is 0.191. The van der Waals surface area contributed by atoms with Crippen molar-refractivity contribution in [2.24, 2.45) is 0 Å². The van der Waals surface area contributed by atoms with Gasteiger partial charge in [0.25, 0.3) is 0 Å². The van der Waals surface area contributed by atoms with E-state index < -0.39 is 0 Å². The van der Waals surface area contributed by atoms with Crippen LogP contribution in [0.3, 0.4) is 0 Å². The first-order valence-electron chi connectivity index (χ1n) is 7.44. The average molecular weight is 259 g/mol. The lowest BCUT2D eigenvalue weighted by Gasteiger charge is -2.28. The van der Waals surface area contributed by atoms with E-state index in [1.807, 2.05) is 6.08 Å². The fourth-order valence-corrected chi connectivity index (χ4v) is 2.45. The maximum atomic E-state index is 3.85. The molecule has 19 heavy (non-hydrogen) atoms. The van der Waals surface area contributed by atoms with Crippen molar-refractivity contribution < 1.29 is 0 Å². The zero-order chi connectivity index (χ0) is 14.3. The molecule has 1 aromatic rings. The van der Waals surface area contributed by atoms with Gasteiger partial charge >= 0.3 is 0 Å².